The Labute approximate surface area is 82.4 Å². The van der Waals surface area contributed by atoms with Crippen LogP contribution in [-0.4, -0.2) is 4.57 Å². The Hall–Kier alpha value is -1.79. The molecule has 0 saturated carbocycles. The molecule has 0 aliphatic carbocycles. The van der Waals surface area contributed by atoms with Gasteiger partial charge in [-0.3, -0.25) is 0 Å². The fourth-order valence-electron chi connectivity index (χ4n) is 1.69. The first-order valence-corrected chi connectivity index (χ1v) is 4.43. The number of nitriles is 1. The normalized spacial score (nSPS) is 12.6. The highest BCUT2D eigenvalue weighted by Gasteiger charge is 2.11. The van der Waals surface area contributed by atoms with Crippen LogP contribution >= 0.6 is 0 Å². The van der Waals surface area contributed by atoms with Crippen LogP contribution in [-0.2, 0) is 7.05 Å². The van der Waals surface area contributed by atoms with Crippen LogP contribution in [0.2, 0.25) is 0 Å². The second kappa shape index (κ2) is 3.17. The van der Waals surface area contributed by atoms with E-state index >= 15 is 0 Å². The molecule has 0 radical (unpaired) electrons. The third-order valence-corrected chi connectivity index (χ3v) is 2.40. The van der Waals surface area contributed by atoms with Gasteiger partial charge >= 0.3 is 0 Å². The van der Waals surface area contributed by atoms with Crippen molar-refractivity contribution in [2.75, 3.05) is 0 Å². The van der Waals surface area contributed by atoms with E-state index in [2.05, 4.69) is 6.07 Å². The molecule has 70 valence electrons. The second-order valence-corrected chi connectivity index (χ2v) is 3.32. The van der Waals surface area contributed by atoms with Crippen molar-refractivity contribution in [3.8, 4) is 6.07 Å². The number of nitrogens with zero attached hydrogens (tertiary/aromatic N) is 2. The summed E-state index contributed by atoms with van der Waals surface area (Å²) in [7, 11) is 1.95. The van der Waals surface area contributed by atoms with Crippen LogP contribution in [0.15, 0.2) is 30.5 Å². The van der Waals surface area contributed by atoms with Gasteiger partial charge in [-0.1, -0.05) is 18.2 Å². The average molecular weight is 185 g/mol. The zero-order valence-electron chi connectivity index (χ0n) is 7.94. The topological polar surface area (TPSA) is 54.7 Å². The second-order valence-electron chi connectivity index (χ2n) is 3.32. The zero-order chi connectivity index (χ0) is 10.1. The fourth-order valence-corrected chi connectivity index (χ4v) is 1.69. The van der Waals surface area contributed by atoms with Crippen LogP contribution in [0.4, 0.5) is 0 Å². The van der Waals surface area contributed by atoms with E-state index in [1.165, 1.54) is 0 Å². The molecule has 1 atom stereocenters. The third-order valence-electron chi connectivity index (χ3n) is 2.40. The molecule has 1 aromatic heterocycles. The number of rotatable bonds is 1. The summed E-state index contributed by atoms with van der Waals surface area (Å²) in [5.74, 6) is 0. The first-order valence-electron chi connectivity index (χ1n) is 4.43. The summed E-state index contributed by atoms with van der Waals surface area (Å²) in [6, 6.07) is 9.45. The minimum absolute atomic E-state index is 0.541. The molecule has 2 rings (SSSR count). The van der Waals surface area contributed by atoms with Crippen LogP contribution < -0.4 is 5.73 Å². The number of benzene rings is 1. The number of hydrogen-bond acceptors (Lipinski definition) is 2. The van der Waals surface area contributed by atoms with Crippen molar-refractivity contribution in [3.05, 3.63) is 36.0 Å². The van der Waals surface area contributed by atoms with E-state index in [0.29, 0.717) is 0 Å². The fraction of sp³-hybridized carbons (Fsp3) is 0.182. The SMILES string of the molecule is Cn1cc(C(N)C#N)c2ccccc21. The Balaban J connectivity index is 2.74. The van der Waals surface area contributed by atoms with Gasteiger partial charge in [0.15, 0.2) is 0 Å². The quantitative estimate of drug-likeness (QED) is 0.735. The van der Waals surface area contributed by atoms with Gasteiger partial charge in [-0.2, -0.15) is 5.26 Å². The molecule has 0 bridgehead atoms. The summed E-state index contributed by atoms with van der Waals surface area (Å²) in [6.45, 7) is 0. The highest BCUT2D eigenvalue weighted by atomic mass is 14.9. The third kappa shape index (κ3) is 1.17. The monoisotopic (exact) mass is 185 g/mol. The van der Waals surface area contributed by atoms with E-state index < -0.39 is 6.04 Å². The lowest BCUT2D eigenvalue weighted by atomic mass is 10.1. The lowest BCUT2D eigenvalue weighted by Gasteiger charge is -1.98. The van der Waals surface area contributed by atoms with Gasteiger partial charge in [0, 0.05) is 29.7 Å². The lowest BCUT2D eigenvalue weighted by Crippen LogP contribution is -2.06. The maximum atomic E-state index is 8.77. The molecular weight excluding hydrogens is 174 g/mol. The van der Waals surface area contributed by atoms with Crippen molar-refractivity contribution < 1.29 is 0 Å². The Morgan fingerprint density at radius 3 is 2.86 bits per heavy atom. The van der Waals surface area contributed by atoms with Crippen molar-refractivity contribution in [2.45, 2.75) is 6.04 Å². The smallest absolute Gasteiger partial charge is 0.120 e. The minimum atomic E-state index is -0.541. The maximum absolute atomic E-state index is 8.77. The van der Waals surface area contributed by atoms with Gasteiger partial charge in [0.1, 0.15) is 6.04 Å². The number of hydrogen-bond donors (Lipinski definition) is 1. The molecule has 3 heteroatoms. The first-order chi connectivity index (χ1) is 6.74. The van der Waals surface area contributed by atoms with Crippen LogP contribution in [0, 0.1) is 11.3 Å². The van der Waals surface area contributed by atoms with Gasteiger partial charge in [0.2, 0.25) is 0 Å². The Morgan fingerprint density at radius 1 is 1.43 bits per heavy atom. The molecule has 2 N–H and O–H groups in total. The summed E-state index contributed by atoms with van der Waals surface area (Å²) in [5.41, 5.74) is 7.70. The maximum Gasteiger partial charge on any atom is 0.120 e. The van der Waals surface area contributed by atoms with Gasteiger partial charge in [0.05, 0.1) is 6.07 Å². The molecule has 1 aromatic carbocycles. The molecule has 0 saturated heterocycles. The van der Waals surface area contributed by atoms with Gasteiger partial charge in [-0.05, 0) is 6.07 Å². The summed E-state index contributed by atoms with van der Waals surface area (Å²) in [6.07, 6.45) is 1.92. The largest absolute Gasteiger partial charge is 0.350 e. The molecule has 0 aliphatic heterocycles. The highest BCUT2D eigenvalue weighted by molar-refractivity contribution is 5.84. The van der Waals surface area contributed by atoms with Crippen molar-refractivity contribution in [1.82, 2.24) is 4.57 Å². The van der Waals surface area contributed by atoms with Crippen LogP contribution in [0.5, 0.6) is 0 Å². The number of nitrogens with two attached hydrogens (primary N) is 1. The van der Waals surface area contributed by atoms with E-state index in [-0.39, 0.29) is 0 Å². The number of fused-ring (bicyclic) bond motifs is 1. The van der Waals surface area contributed by atoms with E-state index in [1.54, 1.807) is 0 Å². The van der Waals surface area contributed by atoms with Crippen molar-refractivity contribution in [3.63, 3.8) is 0 Å². The summed E-state index contributed by atoms with van der Waals surface area (Å²) in [5, 5.41) is 9.83. The van der Waals surface area contributed by atoms with E-state index in [4.69, 9.17) is 11.0 Å². The predicted octanol–water partition coefficient (Wildman–Crippen LogP) is 1.70. The molecule has 2 aromatic rings. The minimum Gasteiger partial charge on any atom is -0.350 e. The van der Waals surface area contributed by atoms with Crippen LogP contribution in [0.3, 0.4) is 0 Å². The number of aryl methyl sites for hydroxylation is 1. The molecular formula is C11H11N3. The van der Waals surface area contributed by atoms with E-state index in [9.17, 15) is 0 Å². The first kappa shape index (κ1) is 8.79. The molecule has 0 aliphatic rings. The van der Waals surface area contributed by atoms with Gasteiger partial charge in [-0.25, -0.2) is 0 Å². The number of aromatic nitrogens is 1. The van der Waals surface area contributed by atoms with Crippen LogP contribution in [0.25, 0.3) is 10.9 Å². The van der Waals surface area contributed by atoms with Crippen molar-refractivity contribution in [2.24, 2.45) is 12.8 Å². The molecule has 14 heavy (non-hydrogen) atoms. The molecule has 0 amide bonds. The standard InChI is InChI=1S/C11H11N3/c1-14-7-9(10(13)6-12)8-4-2-3-5-11(8)14/h2-5,7,10H,13H2,1H3. The number of para-hydroxylation sites is 1. The predicted molar refractivity (Wildman–Crippen MR) is 55.5 cm³/mol. The molecule has 1 unspecified atom stereocenters. The molecule has 0 fully saturated rings. The summed E-state index contributed by atoms with van der Waals surface area (Å²) < 4.78 is 1.99. The van der Waals surface area contributed by atoms with Crippen molar-refractivity contribution >= 4 is 10.9 Å². The summed E-state index contributed by atoms with van der Waals surface area (Å²) >= 11 is 0. The average Bonchev–Trinajstić information content (AvgIpc) is 2.56. The highest BCUT2D eigenvalue weighted by Crippen LogP contribution is 2.24. The van der Waals surface area contributed by atoms with E-state index in [1.807, 2.05) is 42.1 Å². The zero-order valence-corrected chi connectivity index (χ0v) is 7.94. The lowest BCUT2D eigenvalue weighted by molar-refractivity contribution is 0.901. The molecule has 3 nitrogen and oxygen atoms in total. The summed E-state index contributed by atoms with van der Waals surface area (Å²) in [4.78, 5) is 0. The van der Waals surface area contributed by atoms with Crippen molar-refractivity contribution in [1.29, 1.82) is 5.26 Å². The molecule has 0 spiro atoms. The van der Waals surface area contributed by atoms with Gasteiger partial charge < -0.3 is 10.3 Å². The van der Waals surface area contributed by atoms with Gasteiger partial charge in [0.25, 0.3) is 0 Å². The molecule has 1 heterocycles. The van der Waals surface area contributed by atoms with Crippen LogP contribution in [0.1, 0.15) is 11.6 Å². The Morgan fingerprint density at radius 2 is 2.14 bits per heavy atom. The van der Waals surface area contributed by atoms with Gasteiger partial charge in [-0.15, -0.1) is 0 Å². The Kier molecular flexibility index (Phi) is 1.99. The van der Waals surface area contributed by atoms with E-state index in [0.717, 1.165) is 16.5 Å². The Bertz CT molecular complexity index is 505.